The molecule has 1 aliphatic heterocycles. The van der Waals surface area contributed by atoms with Gasteiger partial charge in [0.2, 0.25) is 0 Å². The summed E-state index contributed by atoms with van der Waals surface area (Å²) >= 11 is 0. The van der Waals surface area contributed by atoms with Crippen LogP contribution in [0.2, 0.25) is 0 Å². The maximum Gasteiger partial charge on any atom is 0.573 e. The molecular formula is C31H29F3N4O. The fraction of sp³-hybridized carbons (Fsp3) is 0.323. The fourth-order valence-electron chi connectivity index (χ4n) is 5.94. The molecule has 3 heterocycles. The molecule has 6 rings (SSSR count). The highest BCUT2D eigenvalue weighted by atomic mass is 19.4. The third kappa shape index (κ3) is 5.75. The molecule has 1 saturated carbocycles. The maximum absolute atomic E-state index is 12.6. The molecule has 0 bridgehead atoms. The second kappa shape index (κ2) is 10.7. The van der Waals surface area contributed by atoms with Gasteiger partial charge in [-0.3, -0.25) is 4.98 Å². The van der Waals surface area contributed by atoms with Crippen LogP contribution in [0, 0.1) is 5.92 Å². The molecule has 1 aliphatic carbocycles. The molecule has 0 radical (unpaired) electrons. The van der Waals surface area contributed by atoms with Gasteiger partial charge in [-0.2, -0.15) is 0 Å². The molecule has 1 saturated heterocycles. The van der Waals surface area contributed by atoms with Gasteiger partial charge in [-0.15, -0.1) is 13.2 Å². The zero-order valence-electron chi connectivity index (χ0n) is 21.4. The number of anilines is 1. The second-order valence-corrected chi connectivity index (χ2v) is 10.3. The molecule has 2 aromatic heterocycles. The number of hydrogen-bond donors (Lipinski definition) is 0. The van der Waals surface area contributed by atoms with Gasteiger partial charge in [0.15, 0.2) is 5.82 Å². The number of alkyl halides is 3. The summed E-state index contributed by atoms with van der Waals surface area (Å²) in [5.41, 5.74) is 4.04. The minimum Gasteiger partial charge on any atom is -0.406 e. The van der Waals surface area contributed by atoms with Crippen molar-refractivity contribution in [2.24, 2.45) is 5.92 Å². The summed E-state index contributed by atoms with van der Waals surface area (Å²) in [6, 6.07) is 20.3. The molecule has 39 heavy (non-hydrogen) atoms. The van der Waals surface area contributed by atoms with Crippen molar-refractivity contribution in [3.8, 4) is 39.5 Å². The number of benzene rings is 2. The first-order valence-electron chi connectivity index (χ1n) is 13.5. The van der Waals surface area contributed by atoms with Gasteiger partial charge >= 0.3 is 6.36 Å². The Morgan fingerprint density at radius 3 is 2.28 bits per heavy atom. The van der Waals surface area contributed by atoms with Crippen molar-refractivity contribution in [2.45, 2.75) is 50.9 Å². The molecule has 5 nitrogen and oxygen atoms in total. The van der Waals surface area contributed by atoms with Crippen LogP contribution >= 0.6 is 0 Å². The summed E-state index contributed by atoms with van der Waals surface area (Å²) in [6.45, 7) is 0.983. The fourth-order valence-corrected chi connectivity index (χ4v) is 5.94. The smallest absolute Gasteiger partial charge is 0.406 e. The Morgan fingerprint density at radius 1 is 0.744 bits per heavy atom. The van der Waals surface area contributed by atoms with Gasteiger partial charge in [-0.1, -0.05) is 55.3 Å². The van der Waals surface area contributed by atoms with Crippen LogP contribution in [0.5, 0.6) is 5.75 Å². The molecule has 200 valence electrons. The van der Waals surface area contributed by atoms with Gasteiger partial charge in [-0.25, -0.2) is 9.97 Å². The molecule has 2 unspecified atom stereocenters. The van der Waals surface area contributed by atoms with Crippen molar-refractivity contribution in [3.63, 3.8) is 0 Å². The van der Waals surface area contributed by atoms with Crippen molar-refractivity contribution in [1.29, 1.82) is 0 Å². The standard InChI is InChI=1S/C31H29F3N4O/c32-31(33,34)39-26-14-12-21(13-15-26)24-17-25(20-35-19-24)27-18-29(37-30(36-27)23-8-2-1-3-9-23)38-16-6-10-22-7-4-5-11-28(22)38/h1-3,8-9,12-15,17-20,22,28H,4-7,10-11,16H2. The Bertz CT molecular complexity index is 1420. The van der Waals surface area contributed by atoms with Gasteiger partial charge in [0.25, 0.3) is 0 Å². The summed E-state index contributed by atoms with van der Waals surface area (Å²) in [5, 5.41) is 0. The zero-order chi connectivity index (χ0) is 26.8. The number of halogens is 3. The lowest BCUT2D eigenvalue weighted by Crippen LogP contribution is -2.47. The summed E-state index contributed by atoms with van der Waals surface area (Å²) in [7, 11) is 0. The number of aromatic nitrogens is 3. The molecular weight excluding hydrogens is 501 g/mol. The summed E-state index contributed by atoms with van der Waals surface area (Å²) in [4.78, 5) is 16.9. The van der Waals surface area contributed by atoms with Crippen molar-refractivity contribution in [2.75, 3.05) is 11.4 Å². The average Bonchev–Trinajstić information content (AvgIpc) is 2.97. The normalized spacial score (nSPS) is 19.4. The topological polar surface area (TPSA) is 51.1 Å². The second-order valence-electron chi connectivity index (χ2n) is 10.3. The quantitative estimate of drug-likeness (QED) is 0.262. The number of ether oxygens (including phenoxy) is 1. The summed E-state index contributed by atoms with van der Waals surface area (Å²) < 4.78 is 41.7. The van der Waals surface area contributed by atoms with E-state index in [0.717, 1.165) is 46.7 Å². The lowest BCUT2D eigenvalue weighted by atomic mass is 9.78. The van der Waals surface area contributed by atoms with Crippen LogP contribution in [0.4, 0.5) is 19.0 Å². The van der Waals surface area contributed by atoms with Crippen molar-refractivity contribution in [3.05, 3.63) is 79.1 Å². The lowest BCUT2D eigenvalue weighted by Gasteiger charge is -2.45. The third-order valence-corrected chi connectivity index (χ3v) is 7.74. The van der Waals surface area contributed by atoms with Gasteiger partial charge in [0.05, 0.1) is 5.69 Å². The van der Waals surface area contributed by atoms with Crippen LogP contribution in [0.1, 0.15) is 38.5 Å². The average molecular weight is 531 g/mol. The predicted molar refractivity (Wildman–Crippen MR) is 145 cm³/mol. The Morgan fingerprint density at radius 2 is 1.49 bits per heavy atom. The van der Waals surface area contributed by atoms with E-state index >= 15 is 0 Å². The van der Waals surface area contributed by atoms with Gasteiger partial charge in [0.1, 0.15) is 11.6 Å². The van der Waals surface area contributed by atoms with Crippen LogP contribution in [0.15, 0.2) is 79.1 Å². The summed E-state index contributed by atoms with van der Waals surface area (Å²) in [5.74, 6) is 2.06. The van der Waals surface area contributed by atoms with Crippen LogP contribution < -0.4 is 9.64 Å². The number of pyridine rings is 1. The SMILES string of the molecule is FC(F)(F)Oc1ccc(-c2cncc(-c3cc(N4CCCC5CCCCC54)nc(-c4ccccc4)n3)c2)cc1. The Kier molecular flexibility index (Phi) is 6.94. The number of fused-ring (bicyclic) bond motifs is 1. The molecule has 0 N–H and O–H groups in total. The number of piperidine rings is 1. The largest absolute Gasteiger partial charge is 0.573 e. The third-order valence-electron chi connectivity index (χ3n) is 7.74. The van der Waals surface area contributed by atoms with E-state index in [2.05, 4.69) is 20.7 Å². The van der Waals surface area contributed by atoms with Crippen LogP contribution in [0.3, 0.4) is 0 Å². The molecule has 0 spiro atoms. The predicted octanol–water partition coefficient (Wildman–Crippen LogP) is 7.93. The number of rotatable bonds is 5. The van der Waals surface area contributed by atoms with E-state index < -0.39 is 6.36 Å². The summed E-state index contributed by atoms with van der Waals surface area (Å²) in [6.07, 6.45) is 6.21. The molecule has 0 amide bonds. The Hall–Kier alpha value is -3.94. The minimum absolute atomic E-state index is 0.258. The van der Waals surface area contributed by atoms with E-state index in [0.29, 0.717) is 17.8 Å². The number of nitrogens with zero attached hydrogens (tertiary/aromatic N) is 4. The highest BCUT2D eigenvalue weighted by Gasteiger charge is 2.34. The minimum atomic E-state index is -4.73. The van der Waals surface area contributed by atoms with E-state index in [1.165, 1.54) is 44.2 Å². The Labute approximate surface area is 225 Å². The van der Waals surface area contributed by atoms with E-state index in [-0.39, 0.29) is 5.75 Å². The van der Waals surface area contributed by atoms with Crippen LogP contribution in [-0.4, -0.2) is 33.9 Å². The molecule has 4 aromatic rings. The zero-order valence-corrected chi connectivity index (χ0v) is 21.4. The maximum atomic E-state index is 12.6. The first-order chi connectivity index (χ1) is 18.9. The molecule has 2 fully saturated rings. The monoisotopic (exact) mass is 530 g/mol. The first kappa shape index (κ1) is 25.3. The van der Waals surface area contributed by atoms with Crippen LogP contribution in [-0.2, 0) is 0 Å². The number of hydrogen-bond acceptors (Lipinski definition) is 5. The molecule has 2 aromatic carbocycles. The van der Waals surface area contributed by atoms with Crippen molar-refractivity contribution in [1.82, 2.24) is 15.0 Å². The van der Waals surface area contributed by atoms with Crippen molar-refractivity contribution >= 4 is 5.82 Å². The van der Waals surface area contributed by atoms with E-state index in [1.807, 2.05) is 36.4 Å². The van der Waals surface area contributed by atoms with Gasteiger partial charge in [-0.05, 0) is 55.4 Å². The van der Waals surface area contributed by atoms with Crippen LogP contribution in [0.25, 0.3) is 33.8 Å². The van der Waals surface area contributed by atoms with Gasteiger partial charge in [0, 0.05) is 47.7 Å². The molecule has 8 heteroatoms. The van der Waals surface area contributed by atoms with E-state index in [9.17, 15) is 13.2 Å². The van der Waals surface area contributed by atoms with E-state index in [4.69, 9.17) is 9.97 Å². The lowest BCUT2D eigenvalue weighted by molar-refractivity contribution is -0.274. The highest BCUT2D eigenvalue weighted by Crippen LogP contribution is 2.39. The Balaban J connectivity index is 1.38. The highest BCUT2D eigenvalue weighted by molar-refractivity contribution is 5.73. The van der Waals surface area contributed by atoms with Gasteiger partial charge < -0.3 is 9.64 Å². The van der Waals surface area contributed by atoms with Crippen molar-refractivity contribution < 1.29 is 17.9 Å². The molecule has 2 atom stereocenters. The van der Waals surface area contributed by atoms with E-state index in [1.54, 1.807) is 24.5 Å². The molecule has 2 aliphatic rings. The first-order valence-corrected chi connectivity index (χ1v) is 13.5.